The van der Waals surface area contributed by atoms with Gasteiger partial charge in [0.15, 0.2) is 0 Å². The van der Waals surface area contributed by atoms with E-state index in [1.165, 1.54) is 106 Å². The second-order valence-electron chi connectivity index (χ2n) is 14.8. The molecule has 0 spiro atoms. The first-order valence-corrected chi connectivity index (χ1v) is 20.0. The van der Waals surface area contributed by atoms with Crippen LogP contribution in [0.15, 0.2) is 109 Å². The zero-order valence-corrected chi connectivity index (χ0v) is 31.6. The van der Waals surface area contributed by atoms with E-state index in [-0.39, 0.29) is 11.0 Å². The first-order chi connectivity index (χ1) is 25.7. The van der Waals surface area contributed by atoms with Gasteiger partial charge in [-0.05, 0) is 116 Å². The van der Waals surface area contributed by atoms with Gasteiger partial charge in [-0.25, -0.2) is 4.79 Å². The summed E-state index contributed by atoms with van der Waals surface area (Å²) in [5, 5.41) is 25.7. The number of carboxylic acids is 1. The number of benzene rings is 6. The van der Waals surface area contributed by atoms with Crippen LogP contribution in [0.3, 0.4) is 0 Å². The molecule has 6 heteroatoms. The number of nitriles is 1. The van der Waals surface area contributed by atoms with Crippen LogP contribution in [0, 0.1) is 11.3 Å². The molecule has 260 valence electrons. The van der Waals surface area contributed by atoms with Crippen molar-refractivity contribution in [3.05, 3.63) is 125 Å². The molecule has 0 atom stereocenters. The van der Waals surface area contributed by atoms with E-state index in [1.807, 2.05) is 40.9 Å². The van der Waals surface area contributed by atoms with E-state index in [0.29, 0.717) is 5.56 Å². The molecule has 8 aromatic rings. The molecule has 4 nitrogen and oxygen atoms in total. The van der Waals surface area contributed by atoms with Gasteiger partial charge in [0.2, 0.25) is 0 Å². The highest BCUT2D eigenvalue weighted by Gasteiger charge is 2.36. The van der Waals surface area contributed by atoms with E-state index in [9.17, 15) is 15.2 Å². The highest BCUT2D eigenvalue weighted by molar-refractivity contribution is 7.36. The Balaban J connectivity index is 1.12. The van der Waals surface area contributed by atoms with Crippen LogP contribution in [-0.4, -0.2) is 17.6 Å². The zero-order chi connectivity index (χ0) is 36.4. The fourth-order valence-corrected chi connectivity index (χ4v) is 10.9. The first kappa shape index (κ1) is 33.4. The van der Waals surface area contributed by atoms with Gasteiger partial charge >= 0.3 is 5.97 Å². The van der Waals surface area contributed by atoms with E-state index < -0.39 is 5.97 Å². The van der Waals surface area contributed by atoms with Crippen LogP contribution in [-0.2, 0) is 10.2 Å². The van der Waals surface area contributed by atoms with Gasteiger partial charge in [0.05, 0.1) is 9.40 Å². The van der Waals surface area contributed by atoms with Crippen LogP contribution >= 0.6 is 22.7 Å². The van der Waals surface area contributed by atoms with Crippen molar-refractivity contribution in [3.63, 3.8) is 0 Å². The maximum absolute atomic E-state index is 11.4. The summed E-state index contributed by atoms with van der Waals surface area (Å²) in [6.45, 7) is 8.04. The fourth-order valence-electron chi connectivity index (χ4n) is 8.24. The van der Waals surface area contributed by atoms with Gasteiger partial charge in [-0.15, -0.1) is 22.7 Å². The highest BCUT2D eigenvalue weighted by Crippen LogP contribution is 2.50. The minimum atomic E-state index is -1.22. The van der Waals surface area contributed by atoms with Crippen molar-refractivity contribution in [1.82, 2.24) is 0 Å². The van der Waals surface area contributed by atoms with Crippen molar-refractivity contribution < 1.29 is 9.90 Å². The summed E-state index contributed by atoms with van der Waals surface area (Å²) in [7, 11) is 0. The van der Waals surface area contributed by atoms with Crippen LogP contribution in [0.1, 0.15) is 63.1 Å². The Kier molecular flexibility index (Phi) is 8.11. The number of anilines is 2. The second-order valence-corrected chi connectivity index (χ2v) is 16.9. The summed E-state index contributed by atoms with van der Waals surface area (Å²) in [6.07, 6.45) is 6.39. The molecule has 0 saturated heterocycles. The molecule has 3 heterocycles. The van der Waals surface area contributed by atoms with E-state index in [1.54, 1.807) is 6.07 Å². The van der Waals surface area contributed by atoms with Crippen molar-refractivity contribution in [2.45, 2.75) is 51.9 Å². The largest absolute Gasteiger partial charge is 0.477 e. The zero-order valence-electron chi connectivity index (χ0n) is 30.0. The molecule has 0 bridgehead atoms. The summed E-state index contributed by atoms with van der Waals surface area (Å²) in [4.78, 5) is 14.0. The highest BCUT2D eigenvalue weighted by atomic mass is 32.1. The number of aliphatic carboxylic acids is 1. The number of nitrogens with zero attached hydrogens (tertiary/aromatic N) is 2. The van der Waals surface area contributed by atoms with E-state index in [2.05, 4.69) is 111 Å². The molecule has 6 aromatic carbocycles. The lowest BCUT2D eigenvalue weighted by Gasteiger charge is -2.42. The molecule has 2 aromatic heterocycles. The van der Waals surface area contributed by atoms with Crippen LogP contribution in [0.4, 0.5) is 11.4 Å². The van der Waals surface area contributed by atoms with Crippen molar-refractivity contribution in [3.8, 4) is 17.2 Å². The Morgan fingerprint density at radius 2 is 1.38 bits per heavy atom. The Bertz CT molecular complexity index is 2870. The smallest absolute Gasteiger partial charge is 0.346 e. The van der Waals surface area contributed by atoms with E-state index in [0.717, 1.165) is 17.3 Å². The lowest BCUT2D eigenvalue weighted by Crippen LogP contribution is -2.33. The summed E-state index contributed by atoms with van der Waals surface area (Å²) in [5.74, 6) is -1.22. The lowest BCUT2D eigenvalue weighted by atomic mass is 9.73. The molecule has 1 aliphatic rings. The summed E-state index contributed by atoms with van der Waals surface area (Å²) in [5.41, 5.74) is 8.22. The summed E-state index contributed by atoms with van der Waals surface area (Å²) >= 11 is 3.67. The second kappa shape index (κ2) is 12.9. The Morgan fingerprint density at radius 1 is 0.736 bits per heavy atom. The van der Waals surface area contributed by atoms with Crippen LogP contribution in [0.5, 0.6) is 0 Å². The standard InChI is InChI=1S/C47H38N2O2S2/c1-4-5-6-9-18-49-40-11-8-7-10-38(40)47(2,3)39-24-30(16-17-41(39)49)29-14-15-32-26-43-37(23-34(32)21-29)45-44(53-43)36-22-33-19-28(20-35(27-48)46(50)51)12-13-31(33)25-42(36)52-45/h7-8,10-17,19-26H,4-6,9,18H2,1-3H3,(H,50,51)/b35-20+. The van der Waals surface area contributed by atoms with Crippen LogP contribution < -0.4 is 4.90 Å². The van der Waals surface area contributed by atoms with Crippen molar-refractivity contribution in [1.29, 1.82) is 5.26 Å². The average molecular weight is 727 g/mol. The summed E-state index contributed by atoms with van der Waals surface area (Å²) < 4.78 is 5.09. The predicted molar refractivity (Wildman–Crippen MR) is 226 cm³/mol. The molecule has 0 fully saturated rings. The molecular formula is C47H38N2O2S2. The van der Waals surface area contributed by atoms with E-state index in [4.69, 9.17) is 0 Å². The quantitative estimate of drug-likeness (QED) is 0.0962. The monoisotopic (exact) mass is 726 g/mol. The first-order valence-electron chi connectivity index (χ1n) is 18.4. The van der Waals surface area contributed by atoms with Gasteiger partial charge in [-0.3, -0.25) is 0 Å². The van der Waals surface area contributed by atoms with Gasteiger partial charge in [-0.1, -0.05) is 88.6 Å². The normalized spacial score (nSPS) is 13.9. The number of para-hydroxylation sites is 1. The van der Waals surface area contributed by atoms with Gasteiger partial charge in [0, 0.05) is 43.5 Å². The topological polar surface area (TPSA) is 64.3 Å². The molecule has 9 rings (SSSR count). The minimum Gasteiger partial charge on any atom is -0.477 e. The van der Waals surface area contributed by atoms with Gasteiger partial charge in [0.25, 0.3) is 0 Å². The molecule has 0 saturated carbocycles. The third-order valence-electron chi connectivity index (χ3n) is 11.1. The number of carboxylic acid groups (broad SMARTS) is 1. The number of fused-ring (bicyclic) bond motifs is 9. The molecule has 1 aliphatic heterocycles. The van der Waals surface area contributed by atoms with Gasteiger partial charge in [-0.2, -0.15) is 5.26 Å². The SMILES string of the molecule is CCCCCCN1c2ccccc2C(C)(C)c2cc(-c3ccc4cc5sc6c7cc8cc(/C=C(\C#N)C(=O)O)ccc8cc7sc6c5cc4c3)ccc21. The number of carbonyl (C=O) groups is 1. The molecule has 0 unspecified atom stereocenters. The Morgan fingerprint density at radius 3 is 2.08 bits per heavy atom. The summed E-state index contributed by atoms with van der Waals surface area (Å²) in [6, 6.07) is 39.7. The number of thiophene rings is 2. The minimum absolute atomic E-state index is 0.116. The molecule has 0 aliphatic carbocycles. The van der Waals surface area contributed by atoms with Crippen molar-refractivity contribution in [2.75, 3.05) is 11.4 Å². The predicted octanol–water partition coefficient (Wildman–Crippen LogP) is 13.6. The number of hydrogen-bond acceptors (Lipinski definition) is 5. The Hall–Kier alpha value is -5.48. The van der Waals surface area contributed by atoms with Crippen LogP contribution in [0.25, 0.3) is 68.3 Å². The van der Waals surface area contributed by atoms with Crippen molar-refractivity contribution in [2.24, 2.45) is 0 Å². The lowest BCUT2D eigenvalue weighted by molar-refractivity contribution is -0.132. The maximum Gasteiger partial charge on any atom is 0.346 e. The molecular weight excluding hydrogens is 689 g/mol. The van der Waals surface area contributed by atoms with Crippen LogP contribution in [0.2, 0.25) is 0 Å². The Labute approximate surface area is 316 Å². The third-order valence-corrected chi connectivity index (χ3v) is 13.6. The van der Waals surface area contributed by atoms with E-state index >= 15 is 0 Å². The molecule has 0 radical (unpaired) electrons. The number of rotatable bonds is 8. The molecule has 0 amide bonds. The average Bonchev–Trinajstić information content (AvgIpc) is 3.69. The fraction of sp³-hybridized carbons (Fsp3) is 0.191. The maximum atomic E-state index is 11.4. The number of hydrogen-bond donors (Lipinski definition) is 1. The number of unbranched alkanes of at least 4 members (excludes halogenated alkanes) is 3. The molecule has 1 N–H and O–H groups in total. The van der Waals surface area contributed by atoms with Gasteiger partial charge < -0.3 is 10.0 Å². The third kappa shape index (κ3) is 5.58. The molecule has 53 heavy (non-hydrogen) atoms. The van der Waals surface area contributed by atoms with Gasteiger partial charge in [0.1, 0.15) is 11.6 Å². The van der Waals surface area contributed by atoms with Crippen molar-refractivity contribution >= 4 is 97.2 Å².